The van der Waals surface area contributed by atoms with Gasteiger partial charge in [-0.25, -0.2) is 13.8 Å². The van der Waals surface area contributed by atoms with Gasteiger partial charge >= 0.3 is 0 Å². The molecular weight excluding hydrogens is 384 g/mol. The van der Waals surface area contributed by atoms with Gasteiger partial charge in [-0.15, -0.1) is 0 Å². The number of amidine groups is 1. The maximum atomic E-state index is 13.4. The monoisotopic (exact) mass is 413 g/mol. The van der Waals surface area contributed by atoms with Crippen molar-refractivity contribution in [1.82, 2.24) is 9.80 Å². The molecule has 0 unspecified atom stereocenters. The molecule has 0 aromatic heterocycles. The van der Waals surface area contributed by atoms with Gasteiger partial charge in [0.15, 0.2) is 11.6 Å². The molecule has 1 saturated heterocycles. The SMILES string of the molecule is C=C(Cc1ccc(F)c(F)c1)N=C(OC)N1CCN(Cc2ccc(CC)cc2)CC1. The summed E-state index contributed by atoms with van der Waals surface area (Å²) in [6.45, 7) is 10.5. The Morgan fingerprint density at radius 2 is 1.60 bits per heavy atom. The molecule has 2 aromatic carbocycles. The summed E-state index contributed by atoms with van der Waals surface area (Å²) in [6.07, 6.45) is 1.39. The number of allylic oxidation sites excluding steroid dienone is 1. The number of halogens is 2. The van der Waals surface area contributed by atoms with Crippen molar-refractivity contribution >= 4 is 6.02 Å². The van der Waals surface area contributed by atoms with Crippen LogP contribution in [0.5, 0.6) is 0 Å². The van der Waals surface area contributed by atoms with Gasteiger partial charge in [0.25, 0.3) is 6.02 Å². The second kappa shape index (κ2) is 10.3. The first-order valence-corrected chi connectivity index (χ1v) is 10.3. The number of methoxy groups -OCH3 is 1. The fraction of sp³-hybridized carbons (Fsp3) is 0.375. The summed E-state index contributed by atoms with van der Waals surface area (Å²) in [6, 6.07) is 13.1. The van der Waals surface area contributed by atoms with E-state index in [1.807, 2.05) is 0 Å². The summed E-state index contributed by atoms with van der Waals surface area (Å²) < 4.78 is 32.0. The number of hydrogen-bond acceptors (Lipinski definition) is 3. The lowest BCUT2D eigenvalue weighted by atomic mass is 10.1. The third kappa shape index (κ3) is 5.89. The summed E-state index contributed by atoms with van der Waals surface area (Å²) >= 11 is 0. The fourth-order valence-corrected chi connectivity index (χ4v) is 3.54. The number of benzene rings is 2. The molecular formula is C24H29F2N3O. The van der Waals surface area contributed by atoms with Crippen LogP contribution in [0.4, 0.5) is 8.78 Å². The van der Waals surface area contributed by atoms with Crippen LogP contribution in [0.2, 0.25) is 0 Å². The summed E-state index contributed by atoms with van der Waals surface area (Å²) in [5.41, 5.74) is 3.84. The molecule has 1 aliphatic rings. The Morgan fingerprint density at radius 3 is 2.20 bits per heavy atom. The van der Waals surface area contributed by atoms with Crippen LogP contribution < -0.4 is 0 Å². The average molecular weight is 414 g/mol. The van der Waals surface area contributed by atoms with E-state index in [9.17, 15) is 8.78 Å². The first-order chi connectivity index (χ1) is 14.5. The Morgan fingerprint density at radius 1 is 0.967 bits per heavy atom. The lowest BCUT2D eigenvalue weighted by Gasteiger charge is -2.35. The van der Waals surface area contributed by atoms with Crippen LogP contribution in [-0.2, 0) is 24.1 Å². The maximum Gasteiger partial charge on any atom is 0.292 e. The van der Waals surface area contributed by atoms with E-state index in [4.69, 9.17) is 4.74 Å². The number of rotatable bonds is 6. The van der Waals surface area contributed by atoms with E-state index in [2.05, 4.69) is 52.6 Å². The lowest BCUT2D eigenvalue weighted by molar-refractivity contribution is 0.153. The summed E-state index contributed by atoms with van der Waals surface area (Å²) in [5.74, 6) is -1.72. The first kappa shape index (κ1) is 22.0. The van der Waals surface area contributed by atoms with Crippen molar-refractivity contribution in [3.8, 4) is 0 Å². The topological polar surface area (TPSA) is 28.1 Å². The van der Waals surface area contributed by atoms with Crippen LogP contribution in [0.1, 0.15) is 23.6 Å². The molecule has 3 rings (SSSR count). The lowest BCUT2D eigenvalue weighted by Crippen LogP contribution is -2.48. The number of hydrogen-bond donors (Lipinski definition) is 0. The number of ether oxygens (including phenoxy) is 1. The van der Waals surface area contributed by atoms with E-state index in [0.717, 1.165) is 45.2 Å². The van der Waals surface area contributed by atoms with Gasteiger partial charge < -0.3 is 9.64 Å². The third-order valence-electron chi connectivity index (χ3n) is 5.31. The van der Waals surface area contributed by atoms with Crippen molar-refractivity contribution in [2.45, 2.75) is 26.3 Å². The van der Waals surface area contributed by atoms with E-state index in [1.54, 1.807) is 7.11 Å². The fourth-order valence-electron chi connectivity index (χ4n) is 3.54. The third-order valence-corrected chi connectivity index (χ3v) is 5.31. The van der Waals surface area contributed by atoms with Crippen molar-refractivity contribution in [1.29, 1.82) is 0 Å². The average Bonchev–Trinajstić information content (AvgIpc) is 2.76. The Hall–Kier alpha value is -2.73. The van der Waals surface area contributed by atoms with Crippen molar-refractivity contribution in [3.63, 3.8) is 0 Å². The molecule has 0 amide bonds. The molecule has 2 aromatic rings. The standard InChI is InChI=1S/C24H29F2N3O/c1-4-19-5-7-20(8-6-19)17-28-11-13-29(14-12-28)24(30-3)27-18(2)15-21-9-10-22(25)23(26)16-21/h5-10,16H,2,4,11-15,17H2,1,3H3. The molecule has 0 N–H and O–H groups in total. The van der Waals surface area contributed by atoms with E-state index >= 15 is 0 Å². The van der Waals surface area contributed by atoms with Gasteiger partial charge in [-0.3, -0.25) is 4.90 Å². The Kier molecular flexibility index (Phi) is 7.57. The van der Waals surface area contributed by atoms with Crippen molar-refractivity contribution < 1.29 is 13.5 Å². The molecule has 4 nitrogen and oxygen atoms in total. The molecule has 0 radical (unpaired) electrons. The zero-order chi connectivity index (χ0) is 21.5. The summed E-state index contributed by atoms with van der Waals surface area (Å²) in [5, 5.41) is 0. The Bertz CT molecular complexity index is 888. The van der Waals surface area contributed by atoms with Gasteiger partial charge in [-0.2, -0.15) is 0 Å². The highest BCUT2D eigenvalue weighted by Gasteiger charge is 2.20. The minimum absolute atomic E-state index is 0.331. The van der Waals surface area contributed by atoms with Crippen LogP contribution in [0.15, 0.2) is 59.7 Å². The van der Waals surface area contributed by atoms with Crippen LogP contribution in [0.3, 0.4) is 0 Å². The van der Waals surface area contributed by atoms with E-state index in [1.165, 1.54) is 23.3 Å². The Balaban J connectivity index is 1.54. The van der Waals surface area contributed by atoms with Crippen LogP contribution in [0.25, 0.3) is 0 Å². The predicted molar refractivity (Wildman–Crippen MR) is 116 cm³/mol. The normalized spacial score (nSPS) is 15.3. The zero-order valence-electron chi connectivity index (χ0n) is 17.7. The molecule has 0 saturated carbocycles. The van der Waals surface area contributed by atoms with Gasteiger partial charge in [-0.05, 0) is 35.2 Å². The Labute approximate surface area is 177 Å². The zero-order valence-corrected chi connectivity index (χ0v) is 17.7. The summed E-state index contributed by atoms with van der Waals surface area (Å²) in [7, 11) is 1.59. The first-order valence-electron chi connectivity index (χ1n) is 10.3. The highest BCUT2D eigenvalue weighted by atomic mass is 19.2. The molecule has 1 fully saturated rings. The smallest absolute Gasteiger partial charge is 0.292 e. The predicted octanol–water partition coefficient (Wildman–Crippen LogP) is 4.40. The molecule has 160 valence electrons. The van der Waals surface area contributed by atoms with Gasteiger partial charge in [0, 0.05) is 44.8 Å². The minimum Gasteiger partial charge on any atom is -0.468 e. The molecule has 1 heterocycles. The second-order valence-electron chi connectivity index (χ2n) is 7.52. The van der Waals surface area contributed by atoms with E-state index in [-0.39, 0.29) is 0 Å². The second-order valence-corrected chi connectivity index (χ2v) is 7.52. The van der Waals surface area contributed by atoms with Crippen molar-refractivity contribution in [2.75, 3.05) is 33.3 Å². The molecule has 0 aliphatic carbocycles. The van der Waals surface area contributed by atoms with E-state index in [0.29, 0.717) is 23.7 Å². The molecule has 1 aliphatic heterocycles. The van der Waals surface area contributed by atoms with Gasteiger partial charge in [0.2, 0.25) is 0 Å². The largest absolute Gasteiger partial charge is 0.468 e. The maximum absolute atomic E-state index is 13.4. The highest BCUT2D eigenvalue weighted by Crippen LogP contribution is 2.15. The molecule has 6 heteroatoms. The van der Waals surface area contributed by atoms with Crippen LogP contribution in [0, 0.1) is 11.6 Å². The van der Waals surface area contributed by atoms with Gasteiger partial charge in [0.05, 0.1) is 7.11 Å². The quantitative estimate of drug-likeness (QED) is 0.519. The van der Waals surface area contributed by atoms with Gasteiger partial charge in [0.1, 0.15) is 0 Å². The van der Waals surface area contributed by atoms with Crippen molar-refractivity contribution in [3.05, 3.63) is 83.1 Å². The highest BCUT2D eigenvalue weighted by molar-refractivity contribution is 5.75. The number of aryl methyl sites for hydroxylation is 1. The molecule has 0 spiro atoms. The molecule has 30 heavy (non-hydrogen) atoms. The number of piperazine rings is 1. The molecule has 0 atom stereocenters. The van der Waals surface area contributed by atoms with Crippen molar-refractivity contribution in [2.24, 2.45) is 4.99 Å². The number of nitrogens with zero attached hydrogens (tertiary/aromatic N) is 3. The minimum atomic E-state index is -0.864. The number of aliphatic imine (C=N–C) groups is 1. The van der Waals surface area contributed by atoms with E-state index < -0.39 is 11.6 Å². The van der Waals surface area contributed by atoms with Crippen LogP contribution in [-0.4, -0.2) is 49.1 Å². The molecule has 0 bridgehead atoms. The van der Waals surface area contributed by atoms with Gasteiger partial charge in [-0.1, -0.05) is 43.8 Å². The summed E-state index contributed by atoms with van der Waals surface area (Å²) in [4.78, 5) is 8.99. The van der Waals surface area contributed by atoms with Crippen LogP contribution >= 0.6 is 0 Å².